The number of amides is 2. The minimum absolute atomic E-state index is 0.0154. The molecule has 0 saturated heterocycles. The molecule has 0 unspecified atom stereocenters. The Hall–Kier alpha value is 0.180. The van der Waals surface area contributed by atoms with E-state index in [1.54, 1.807) is 0 Å². The number of carbonyl (C=O) groups is 2. The number of thiol groups is 2. The van der Waals surface area contributed by atoms with E-state index in [0.717, 1.165) is 25.7 Å². The van der Waals surface area contributed by atoms with Crippen molar-refractivity contribution in [3.63, 3.8) is 0 Å². The van der Waals surface area contributed by atoms with E-state index in [2.05, 4.69) is 35.9 Å². The molecule has 0 heterocycles. The van der Waals surface area contributed by atoms with Crippen LogP contribution in [0.1, 0.15) is 25.7 Å². The number of hydrogen-bond acceptors (Lipinski definition) is 10. The van der Waals surface area contributed by atoms with Crippen molar-refractivity contribution in [1.82, 2.24) is 10.6 Å². The maximum atomic E-state index is 11.7. The van der Waals surface area contributed by atoms with E-state index < -0.39 is 0 Å². The third-order valence-corrected chi connectivity index (χ3v) is 5.70. The van der Waals surface area contributed by atoms with E-state index in [1.807, 2.05) is 0 Å². The van der Waals surface area contributed by atoms with E-state index in [1.165, 1.54) is 23.5 Å². The first-order valence-corrected chi connectivity index (χ1v) is 14.3. The largest absolute Gasteiger partial charge is 0.378 e. The number of unbranched alkanes of at least 4 members (excludes halogenated alkanes) is 3. The molecule has 0 aromatic heterocycles. The summed E-state index contributed by atoms with van der Waals surface area (Å²) in [6.07, 6.45) is 3.91. The van der Waals surface area contributed by atoms with Crippen molar-refractivity contribution < 1.29 is 28.5 Å². The van der Waals surface area contributed by atoms with E-state index in [-0.39, 0.29) is 10.5 Å². The highest BCUT2D eigenvalue weighted by Crippen LogP contribution is 2.04. The van der Waals surface area contributed by atoms with E-state index in [0.29, 0.717) is 89.0 Å². The average Bonchev–Trinajstić information content (AvgIpc) is 2.79. The molecule has 0 spiro atoms. The van der Waals surface area contributed by atoms with Crippen molar-refractivity contribution in [3.8, 4) is 0 Å². The highest BCUT2D eigenvalue weighted by molar-refractivity contribution is 8.13. The summed E-state index contributed by atoms with van der Waals surface area (Å²) < 4.78 is 21.2. The Morgan fingerprint density at radius 2 is 0.938 bits per heavy atom. The third kappa shape index (κ3) is 26.4. The van der Waals surface area contributed by atoms with Gasteiger partial charge in [0, 0.05) is 36.1 Å². The molecule has 12 heteroatoms. The molecule has 0 fully saturated rings. The number of carbonyl (C=O) groups excluding carboxylic acids is 2. The summed E-state index contributed by atoms with van der Waals surface area (Å²) >= 11 is 10.6. The van der Waals surface area contributed by atoms with Crippen LogP contribution < -0.4 is 10.6 Å². The molecule has 2 N–H and O–H groups in total. The zero-order valence-corrected chi connectivity index (χ0v) is 22.3. The maximum absolute atomic E-state index is 11.7. The van der Waals surface area contributed by atoms with Crippen LogP contribution in [-0.2, 0) is 18.9 Å². The van der Waals surface area contributed by atoms with Crippen molar-refractivity contribution in [2.45, 2.75) is 25.7 Å². The first-order valence-electron chi connectivity index (χ1n) is 11.0. The lowest BCUT2D eigenvalue weighted by atomic mass is 10.2. The van der Waals surface area contributed by atoms with Gasteiger partial charge in [0.25, 0.3) is 10.5 Å². The van der Waals surface area contributed by atoms with Gasteiger partial charge in [0.15, 0.2) is 0 Å². The minimum Gasteiger partial charge on any atom is -0.378 e. The molecule has 0 aromatic carbocycles. The van der Waals surface area contributed by atoms with Gasteiger partial charge in [0.05, 0.1) is 52.9 Å². The fraction of sp³-hybridized carbons (Fsp3) is 0.900. The molecule has 2 amide bonds. The number of rotatable bonds is 23. The molecule has 0 aliphatic rings. The fourth-order valence-corrected chi connectivity index (χ4v) is 3.69. The highest BCUT2D eigenvalue weighted by atomic mass is 32.2. The van der Waals surface area contributed by atoms with Crippen molar-refractivity contribution in [1.29, 1.82) is 0 Å². The Kier molecular flexibility index (Phi) is 27.6. The lowest BCUT2D eigenvalue weighted by Crippen LogP contribution is -2.22. The van der Waals surface area contributed by atoms with Crippen LogP contribution in [0, 0.1) is 0 Å². The number of thioether (sulfide) groups is 2. The maximum Gasteiger partial charge on any atom is 0.279 e. The Morgan fingerprint density at radius 1 is 0.562 bits per heavy atom. The molecule has 0 rings (SSSR count). The fourth-order valence-electron chi connectivity index (χ4n) is 2.25. The smallest absolute Gasteiger partial charge is 0.279 e. The number of ether oxygens (including phenoxy) is 4. The van der Waals surface area contributed by atoms with Gasteiger partial charge in [-0.05, 0) is 12.8 Å². The van der Waals surface area contributed by atoms with Crippen LogP contribution >= 0.6 is 48.8 Å². The van der Waals surface area contributed by atoms with Crippen LogP contribution in [0.5, 0.6) is 0 Å². The van der Waals surface area contributed by atoms with Gasteiger partial charge in [-0.3, -0.25) is 9.59 Å². The van der Waals surface area contributed by atoms with E-state index in [9.17, 15) is 9.59 Å². The standard InChI is InChI=1S/C20H40N2O6S4/c23-19(31-17-13-27-9-7-25-11-15-29)21-5-3-1-2-4-6-22-20(24)32-18-14-28-10-8-26-12-16-30/h29-30H,1-18H2,(H,21,23)(H,22,24). The molecule has 0 aliphatic carbocycles. The molecule has 8 nitrogen and oxygen atoms in total. The van der Waals surface area contributed by atoms with Gasteiger partial charge >= 0.3 is 0 Å². The first kappa shape index (κ1) is 32.2. The van der Waals surface area contributed by atoms with Crippen LogP contribution in [0.2, 0.25) is 0 Å². The summed E-state index contributed by atoms with van der Waals surface area (Å²) in [4.78, 5) is 23.4. The molecular weight excluding hydrogens is 492 g/mol. The quantitative estimate of drug-likeness (QED) is 0.118. The highest BCUT2D eigenvalue weighted by Gasteiger charge is 2.03. The summed E-state index contributed by atoms with van der Waals surface area (Å²) in [6, 6.07) is 0. The molecular formula is C20H40N2O6S4. The summed E-state index contributed by atoms with van der Waals surface area (Å²) in [5, 5.41) is 5.76. The number of hydrogen-bond donors (Lipinski definition) is 4. The van der Waals surface area contributed by atoms with Gasteiger partial charge in [-0.1, -0.05) is 36.4 Å². The predicted molar refractivity (Wildman–Crippen MR) is 141 cm³/mol. The Balaban J connectivity index is 3.25. The molecule has 0 aromatic rings. The summed E-state index contributed by atoms with van der Waals surface area (Å²) in [6.45, 7) is 5.86. The van der Waals surface area contributed by atoms with E-state index >= 15 is 0 Å². The number of nitrogens with one attached hydrogen (secondary N) is 2. The minimum atomic E-state index is -0.0154. The van der Waals surface area contributed by atoms with Gasteiger partial charge in [-0.25, -0.2) is 0 Å². The predicted octanol–water partition coefficient (Wildman–Crippen LogP) is 3.36. The molecule has 190 valence electrons. The summed E-state index contributed by atoms with van der Waals surface area (Å²) in [5.41, 5.74) is 0. The monoisotopic (exact) mass is 532 g/mol. The Bertz CT molecular complexity index is 401. The molecule has 0 atom stereocenters. The zero-order valence-electron chi connectivity index (χ0n) is 18.9. The molecule has 32 heavy (non-hydrogen) atoms. The van der Waals surface area contributed by atoms with Gasteiger partial charge < -0.3 is 29.6 Å². The summed E-state index contributed by atoms with van der Waals surface area (Å²) in [5.74, 6) is 2.67. The van der Waals surface area contributed by atoms with Crippen LogP contribution in [-0.4, -0.2) is 99.4 Å². The van der Waals surface area contributed by atoms with Crippen molar-refractivity contribution >= 4 is 59.3 Å². The SMILES string of the molecule is O=C(NCCCCCCNC(=O)SCCOCCOCCS)SCCOCCOCCS. The second-order valence-corrected chi connectivity index (χ2v) is 9.47. The van der Waals surface area contributed by atoms with Gasteiger partial charge in [-0.2, -0.15) is 25.3 Å². The van der Waals surface area contributed by atoms with Gasteiger partial charge in [0.1, 0.15) is 0 Å². The van der Waals surface area contributed by atoms with Crippen molar-refractivity contribution in [3.05, 3.63) is 0 Å². The van der Waals surface area contributed by atoms with Crippen LogP contribution in [0.15, 0.2) is 0 Å². The third-order valence-electron chi connectivity index (χ3n) is 3.78. The van der Waals surface area contributed by atoms with Gasteiger partial charge in [0.2, 0.25) is 0 Å². The second kappa shape index (κ2) is 27.4. The molecule has 0 saturated carbocycles. The Morgan fingerprint density at radius 3 is 1.31 bits per heavy atom. The van der Waals surface area contributed by atoms with Gasteiger partial charge in [-0.15, -0.1) is 0 Å². The average molecular weight is 533 g/mol. The lowest BCUT2D eigenvalue weighted by molar-refractivity contribution is 0.0606. The lowest BCUT2D eigenvalue weighted by Gasteiger charge is -2.07. The van der Waals surface area contributed by atoms with E-state index in [4.69, 9.17) is 18.9 Å². The van der Waals surface area contributed by atoms with Crippen molar-refractivity contribution in [2.75, 3.05) is 89.0 Å². The van der Waals surface area contributed by atoms with Crippen LogP contribution in [0.3, 0.4) is 0 Å². The molecule has 0 radical (unpaired) electrons. The molecule has 0 aliphatic heterocycles. The normalized spacial score (nSPS) is 10.9. The summed E-state index contributed by atoms with van der Waals surface area (Å²) in [7, 11) is 0. The second-order valence-electron chi connectivity index (χ2n) is 6.44. The first-order chi connectivity index (χ1) is 15.7. The molecule has 0 bridgehead atoms. The Labute approximate surface area is 212 Å². The zero-order chi connectivity index (χ0) is 23.5. The van der Waals surface area contributed by atoms with Crippen LogP contribution in [0.4, 0.5) is 9.59 Å². The van der Waals surface area contributed by atoms with Crippen molar-refractivity contribution in [2.24, 2.45) is 0 Å². The van der Waals surface area contributed by atoms with Crippen LogP contribution in [0.25, 0.3) is 0 Å². The topological polar surface area (TPSA) is 95.1 Å².